The number of halogens is 2. The Labute approximate surface area is 199 Å². The Kier molecular flexibility index (Phi) is 10.1. The lowest BCUT2D eigenvalue weighted by atomic mass is 9.83. The van der Waals surface area contributed by atoms with Crippen molar-refractivity contribution in [2.75, 3.05) is 26.2 Å². The molecule has 0 unspecified atom stereocenters. The zero-order valence-corrected chi connectivity index (χ0v) is 20.0. The average molecular weight is 467 g/mol. The molecule has 0 bridgehead atoms. The van der Waals surface area contributed by atoms with Crippen LogP contribution in [0.2, 0.25) is 0 Å². The Morgan fingerprint density at radius 2 is 1.77 bits per heavy atom. The van der Waals surface area contributed by atoms with Crippen molar-refractivity contribution >= 4 is 24.8 Å². The van der Waals surface area contributed by atoms with Gasteiger partial charge in [-0.15, -0.1) is 24.8 Å². The maximum Gasteiger partial charge on any atom is 0.122 e. The fourth-order valence-electron chi connectivity index (χ4n) is 4.98. The molecule has 2 atom stereocenters. The van der Waals surface area contributed by atoms with Crippen LogP contribution in [0.5, 0.6) is 5.75 Å². The van der Waals surface area contributed by atoms with Gasteiger partial charge in [-0.3, -0.25) is 0 Å². The van der Waals surface area contributed by atoms with Crippen LogP contribution in [0.1, 0.15) is 47.6 Å². The van der Waals surface area contributed by atoms with Crippen LogP contribution in [0.15, 0.2) is 42.5 Å². The summed E-state index contributed by atoms with van der Waals surface area (Å²) in [5, 5.41) is 10.6. The van der Waals surface area contributed by atoms with Gasteiger partial charge in [0, 0.05) is 18.5 Å². The summed E-state index contributed by atoms with van der Waals surface area (Å²) in [7, 11) is 0. The molecule has 0 radical (unpaired) electrons. The van der Waals surface area contributed by atoms with Gasteiger partial charge >= 0.3 is 0 Å². The van der Waals surface area contributed by atoms with Gasteiger partial charge in [0.05, 0.1) is 12.2 Å². The second-order valence-electron chi connectivity index (χ2n) is 8.67. The summed E-state index contributed by atoms with van der Waals surface area (Å²) in [5.74, 6) is 0.982. The molecule has 0 aliphatic carbocycles. The second-order valence-corrected chi connectivity index (χ2v) is 8.67. The van der Waals surface area contributed by atoms with Crippen molar-refractivity contribution in [1.82, 2.24) is 4.90 Å². The Morgan fingerprint density at radius 3 is 2.45 bits per heavy atom. The molecule has 0 aromatic heterocycles. The number of hydrogen-bond donors (Lipinski definition) is 2. The molecule has 0 saturated carbocycles. The number of benzene rings is 2. The molecule has 3 N–H and O–H groups in total. The van der Waals surface area contributed by atoms with E-state index in [2.05, 4.69) is 41.3 Å². The predicted molar refractivity (Wildman–Crippen MR) is 132 cm³/mol. The SMILES string of the molecule is Cc1ccc2c(c1O)C[C@@H](C1CCN(CCCc3ccccc3)CC1)O[C@H]2CN.Cl.Cl. The van der Waals surface area contributed by atoms with Crippen LogP contribution in [-0.2, 0) is 17.6 Å². The summed E-state index contributed by atoms with van der Waals surface area (Å²) in [6.07, 6.45) is 5.56. The number of phenols is 1. The summed E-state index contributed by atoms with van der Waals surface area (Å²) in [4.78, 5) is 2.60. The Morgan fingerprint density at radius 1 is 1.06 bits per heavy atom. The third-order valence-electron chi connectivity index (χ3n) is 6.77. The number of ether oxygens (including phenoxy) is 1. The number of hydrogen-bond acceptors (Lipinski definition) is 4. The number of likely N-dealkylation sites (tertiary alicyclic amines) is 1. The van der Waals surface area contributed by atoms with Crippen molar-refractivity contribution in [2.45, 2.75) is 51.2 Å². The number of rotatable bonds is 6. The van der Waals surface area contributed by atoms with Crippen molar-refractivity contribution in [1.29, 1.82) is 0 Å². The monoisotopic (exact) mass is 466 g/mol. The highest BCUT2D eigenvalue weighted by atomic mass is 35.5. The summed E-state index contributed by atoms with van der Waals surface area (Å²) < 4.78 is 6.42. The van der Waals surface area contributed by atoms with E-state index < -0.39 is 0 Å². The molecule has 2 aromatic carbocycles. The van der Waals surface area contributed by atoms with E-state index in [0.29, 0.717) is 18.2 Å². The van der Waals surface area contributed by atoms with Crippen LogP contribution in [-0.4, -0.2) is 42.3 Å². The summed E-state index contributed by atoms with van der Waals surface area (Å²) in [6, 6.07) is 14.8. The number of fused-ring (bicyclic) bond motifs is 1. The molecule has 172 valence electrons. The van der Waals surface area contributed by atoms with E-state index >= 15 is 0 Å². The van der Waals surface area contributed by atoms with Crippen LogP contribution < -0.4 is 5.73 Å². The Balaban J connectivity index is 0.00000171. The molecule has 2 aliphatic rings. The lowest BCUT2D eigenvalue weighted by Crippen LogP contribution is -2.42. The highest BCUT2D eigenvalue weighted by Crippen LogP contribution is 2.40. The fourth-order valence-corrected chi connectivity index (χ4v) is 4.98. The lowest BCUT2D eigenvalue weighted by molar-refractivity contribution is -0.0647. The number of nitrogens with zero attached hydrogens (tertiary/aromatic N) is 1. The first-order chi connectivity index (χ1) is 14.2. The van der Waals surface area contributed by atoms with E-state index in [9.17, 15) is 5.11 Å². The van der Waals surface area contributed by atoms with Gasteiger partial charge in [0.25, 0.3) is 0 Å². The number of phenolic OH excluding ortho intramolecular Hbond substituents is 1. The minimum atomic E-state index is -0.0980. The van der Waals surface area contributed by atoms with Gasteiger partial charge in [0.1, 0.15) is 5.75 Å². The quantitative estimate of drug-likeness (QED) is 0.639. The average Bonchev–Trinajstić information content (AvgIpc) is 2.77. The Hall–Kier alpha value is -1.30. The third-order valence-corrected chi connectivity index (χ3v) is 6.77. The zero-order chi connectivity index (χ0) is 20.2. The van der Waals surface area contributed by atoms with E-state index in [1.165, 1.54) is 18.5 Å². The number of nitrogens with two attached hydrogens (primary N) is 1. The van der Waals surface area contributed by atoms with Gasteiger partial charge in [-0.2, -0.15) is 0 Å². The molecule has 0 amide bonds. The van der Waals surface area contributed by atoms with Crippen molar-refractivity contribution in [2.24, 2.45) is 11.7 Å². The molecule has 1 fully saturated rings. The van der Waals surface area contributed by atoms with Crippen LogP contribution in [0, 0.1) is 12.8 Å². The zero-order valence-electron chi connectivity index (χ0n) is 18.3. The van der Waals surface area contributed by atoms with Crippen LogP contribution in [0.4, 0.5) is 0 Å². The van der Waals surface area contributed by atoms with Gasteiger partial charge < -0.3 is 20.5 Å². The number of piperidine rings is 1. The highest BCUT2D eigenvalue weighted by molar-refractivity contribution is 5.85. The minimum absolute atomic E-state index is 0. The van der Waals surface area contributed by atoms with Crippen molar-refractivity contribution in [3.63, 3.8) is 0 Å². The topological polar surface area (TPSA) is 58.7 Å². The molecular formula is C25H36Cl2N2O2. The number of aromatic hydroxyl groups is 1. The lowest BCUT2D eigenvalue weighted by Gasteiger charge is -2.40. The van der Waals surface area contributed by atoms with E-state index in [0.717, 1.165) is 55.5 Å². The summed E-state index contributed by atoms with van der Waals surface area (Å²) in [5.41, 5.74) is 10.5. The summed E-state index contributed by atoms with van der Waals surface area (Å²) >= 11 is 0. The standard InChI is InChI=1S/C25H34N2O2.2ClH/c1-18-9-10-21-22(25(18)28)16-23(29-24(21)17-26)20-11-14-27(15-12-20)13-5-8-19-6-3-2-4-7-19;;/h2-4,6-7,9-10,20,23-24,28H,5,8,11-17,26H2,1H3;2*1H/t23-,24-;;/m0../s1. The maximum absolute atomic E-state index is 10.6. The van der Waals surface area contributed by atoms with E-state index in [-0.39, 0.29) is 37.0 Å². The first-order valence-corrected chi connectivity index (χ1v) is 11.1. The molecule has 2 heterocycles. The maximum atomic E-state index is 10.6. The normalized spacial score (nSPS) is 21.6. The largest absolute Gasteiger partial charge is 0.507 e. The van der Waals surface area contributed by atoms with Gasteiger partial charge in [-0.1, -0.05) is 42.5 Å². The first-order valence-electron chi connectivity index (χ1n) is 11.1. The van der Waals surface area contributed by atoms with Crippen molar-refractivity contribution < 1.29 is 9.84 Å². The van der Waals surface area contributed by atoms with Gasteiger partial charge in [0.15, 0.2) is 0 Å². The van der Waals surface area contributed by atoms with Crippen LogP contribution in [0.3, 0.4) is 0 Å². The van der Waals surface area contributed by atoms with E-state index in [1.807, 2.05) is 13.0 Å². The predicted octanol–water partition coefficient (Wildman–Crippen LogP) is 4.83. The molecule has 4 nitrogen and oxygen atoms in total. The first kappa shape index (κ1) is 26.0. The fraction of sp³-hybridized carbons (Fsp3) is 0.520. The molecular weight excluding hydrogens is 431 g/mol. The molecule has 2 aromatic rings. The molecule has 0 spiro atoms. The van der Waals surface area contributed by atoms with Gasteiger partial charge in [-0.05, 0) is 74.8 Å². The van der Waals surface area contributed by atoms with Crippen LogP contribution >= 0.6 is 24.8 Å². The molecule has 4 rings (SSSR count). The number of aryl methyl sites for hydroxylation is 2. The van der Waals surface area contributed by atoms with Gasteiger partial charge in [-0.25, -0.2) is 0 Å². The van der Waals surface area contributed by atoms with Gasteiger partial charge in [0.2, 0.25) is 0 Å². The summed E-state index contributed by atoms with van der Waals surface area (Å²) in [6.45, 7) is 5.87. The molecule has 1 saturated heterocycles. The molecule has 31 heavy (non-hydrogen) atoms. The molecule has 2 aliphatic heterocycles. The molecule has 6 heteroatoms. The second kappa shape index (κ2) is 12.1. The Bertz CT molecular complexity index is 811. The van der Waals surface area contributed by atoms with E-state index in [4.69, 9.17) is 10.5 Å². The third kappa shape index (κ3) is 6.15. The van der Waals surface area contributed by atoms with E-state index in [1.54, 1.807) is 0 Å². The van der Waals surface area contributed by atoms with Crippen LogP contribution in [0.25, 0.3) is 0 Å². The smallest absolute Gasteiger partial charge is 0.122 e. The minimum Gasteiger partial charge on any atom is -0.507 e. The van der Waals surface area contributed by atoms with Crippen molar-refractivity contribution in [3.8, 4) is 5.75 Å². The van der Waals surface area contributed by atoms with Crippen molar-refractivity contribution in [3.05, 3.63) is 64.7 Å². The highest BCUT2D eigenvalue weighted by Gasteiger charge is 2.35.